The number of para-hydroxylation sites is 1. The lowest BCUT2D eigenvalue weighted by Crippen LogP contribution is -2.27. The molecule has 1 aromatic rings. The molecule has 166 valence electrons. The molecule has 0 amide bonds. The maximum atomic E-state index is 12.0. The van der Waals surface area contributed by atoms with E-state index in [1.807, 2.05) is 30.3 Å². The lowest BCUT2D eigenvalue weighted by atomic mass is 10.1. The zero-order valence-corrected chi connectivity index (χ0v) is 18.2. The second-order valence-electron chi connectivity index (χ2n) is 6.96. The standard InChI is InChI=1S/C21H35NO6S/c1-2-27-21(24)15-8-3-4-10-16-22-29(25,26)17-11-9-12-19(23)18-28-20-13-6-5-7-14-20/h5-7,13-14,19,22-23H,2-4,8-12,15-18H2,1H3. The smallest absolute Gasteiger partial charge is 0.305 e. The summed E-state index contributed by atoms with van der Waals surface area (Å²) in [5.41, 5.74) is 0. The monoisotopic (exact) mass is 429 g/mol. The van der Waals surface area contributed by atoms with Crippen LogP contribution < -0.4 is 9.46 Å². The first kappa shape index (κ1) is 25.4. The van der Waals surface area contributed by atoms with Crippen LogP contribution in [0.1, 0.15) is 58.3 Å². The normalized spacial score (nSPS) is 12.5. The number of ether oxygens (including phenoxy) is 2. The summed E-state index contributed by atoms with van der Waals surface area (Å²) in [6.07, 6.45) is 4.69. The van der Waals surface area contributed by atoms with Gasteiger partial charge in [0.2, 0.25) is 10.0 Å². The zero-order valence-electron chi connectivity index (χ0n) is 17.3. The van der Waals surface area contributed by atoms with Crippen molar-refractivity contribution in [2.75, 3.05) is 25.5 Å². The van der Waals surface area contributed by atoms with Crippen LogP contribution in [0.15, 0.2) is 30.3 Å². The molecule has 0 heterocycles. The third kappa shape index (κ3) is 14.1. The van der Waals surface area contributed by atoms with Crippen molar-refractivity contribution >= 4 is 16.0 Å². The summed E-state index contributed by atoms with van der Waals surface area (Å²) in [6, 6.07) is 9.27. The summed E-state index contributed by atoms with van der Waals surface area (Å²) in [5, 5.41) is 9.93. The van der Waals surface area contributed by atoms with Crippen LogP contribution in [0.5, 0.6) is 5.75 Å². The molecule has 1 atom stereocenters. The van der Waals surface area contributed by atoms with Crippen molar-refractivity contribution in [2.24, 2.45) is 0 Å². The van der Waals surface area contributed by atoms with Crippen LogP contribution in [0.2, 0.25) is 0 Å². The van der Waals surface area contributed by atoms with Crippen LogP contribution >= 0.6 is 0 Å². The van der Waals surface area contributed by atoms with E-state index in [9.17, 15) is 18.3 Å². The number of nitrogens with one attached hydrogen (secondary N) is 1. The number of unbranched alkanes of at least 4 members (excludes halogenated alkanes) is 4. The molecule has 0 saturated heterocycles. The van der Waals surface area contributed by atoms with E-state index in [1.165, 1.54) is 0 Å². The number of hydrogen-bond donors (Lipinski definition) is 2. The molecule has 0 saturated carbocycles. The molecule has 0 radical (unpaired) electrons. The molecular formula is C21H35NO6S. The van der Waals surface area contributed by atoms with E-state index in [1.54, 1.807) is 6.92 Å². The minimum atomic E-state index is -3.29. The molecule has 0 bridgehead atoms. The van der Waals surface area contributed by atoms with Gasteiger partial charge in [-0.2, -0.15) is 0 Å². The topological polar surface area (TPSA) is 102 Å². The third-order valence-corrected chi connectivity index (χ3v) is 5.79. The van der Waals surface area contributed by atoms with Crippen molar-refractivity contribution in [3.63, 3.8) is 0 Å². The van der Waals surface area contributed by atoms with Crippen molar-refractivity contribution in [1.82, 2.24) is 4.72 Å². The van der Waals surface area contributed by atoms with Crippen LogP contribution in [-0.4, -0.2) is 51.1 Å². The summed E-state index contributed by atoms with van der Waals surface area (Å²) in [4.78, 5) is 11.2. The maximum absolute atomic E-state index is 12.0. The van der Waals surface area contributed by atoms with Crippen LogP contribution in [-0.2, 0) is 19.6 Å². The SMILES string of the molecule is CCOC(=O)CCCCCCNS(=O)(=O)CCCCC(O)COc1ccccc1. The maximum Gasteiger partial charge on any atom is 0.305 e. The number of carbonyl (C=O) groups is 1. The highest BCUT2D eigenvalue weighted by Crippen LogP contribution is 2.10. The van der Waals surface area contributed by atoms with Gasteiger partial charge in [0, 0.05) is 13.0 Å². The van der Waals surface area contributed by atoms with Gasteiger partial charge in [-0.1, -0.05) is 31.0 Å². The minimum absolute atomic E-state index is 0.0577. The molecule has 29 heavy (non-hydrogen) atoms. The predicted molar refractivity (Wildman–Crippen MR) is 113 cm³/mol. The van der Waals surface area contributed by atoms with E-state index in [-0.39, 0.29) is 18.3 Å². The second-order valence-corrected chi connectivity index (χ2v) is 8.88. The molecule has 7 nitrogen and oxygen atoms in total. The van der Waals surface area contributed by atoms with E-state index in [2.05, 4.69) is 4.72 Å². The zero-order chi connectivity index (χ0) is 21.4. The number of sulfonamides is 1. The Hall–Kier alpha value is -1.64. The first-order valence-electron chi connectivity index (χ1n) is 10.4. The molecule has 0 spiro atoms. The molecule has 2 N–H and O–H groups in total. The van der Waals surface area contributed by atoms with Gasteiger partial charge >= 0.3 is 5.97 Å². The highest BCUT2D eigenvalue weighted by Gasteiger charge is 2.11. The third-order valence-electron chi connectivity index (χ3n) is 4.32. The number of benzene rings is 1. The molecular weight excluding hydrogens is 394 g/mol. The molecule has 1 rings (SSSR count). The molecule has 0 aliphatic carbocycles. The highest BCUT2D eigenvalue weighted by atomic mass is 32.2. The van der Waals surface area contributed by atoms with E-state index < -0.39 is 16.1 Å². The van der Waals surface area contributed by atoms with Crippen molar-refractivity contribution in [1.29, 1.82) is 0 Å². The Morgan fingerprint density at radius 2 is 1.79 bits per heavy atom. The van der Waals surface area contributed by atoms with E-state index in [4.69, 9.17) is 9.47 Å². The van der Waals surface area contributed by atoms with E-state index in [0.717, 1.165) is 25.7 Å². The molecule has 1 aromatic carbocycles. The Bertz CT molecular complexity index is 650. The van der Waals surface area contributed by atoms with Crippen molar-refractivity contribution in [3.8, 4) is 5.75 Å². The average Bonchev–Trinajstić information content (AvgIpc) is 2.70. The number of aliphatic hydroxyl groups is 1. The van der Waals surface area contributed by atoms with Gasteiger partial charge in [-0.15, -0.1) is 0 Å². The van der Waals surface area contributed by atoms with Gasteiger partial charge in [0.15, 0.2) is 0 Å². The van der Waals surface area contributed by atoms with Crippen LogP contribution in [0.4, 0.5) is 0 Å². The highest BCUT2D eigenvalue weighted by molar-refractivity contribution is 7.89. The predicted octanol–water partition coefficient (Wildman–Crippen LogP) is 3.03. The Morgan fingerprint density at radius 3 is 2.52 bits per heavy atom. The van der Waals surface area contributed by atoms with Crippen molar-refractivity contribution < 1.29 is 27.8 Å². The first-order valence-corrected chi connectivity index (χ1v) is 12.1. The average molecular weight is 430 g/mol. The minimum Gasteiger partial charge on any atom is -0.491 e. The number of hydrogen-bond acceptors (Lipinski definition) is 6. The number of rotatable bonds is 17. The number of esters is 1. The fourth-order valence-corrected chi connectivity index (χ4v) is 3.93. The summed E-state index contributed by atoms with van der Waals surface area (Å²) < 4.78 is 36.9. The lowest BCUT2D eigenvalue weighted by molar-refractivity contribution is -0.143. The largest absolute Gasteiger partial charge is 0.491 e. The van der Waals surface area contributed by atoms with Gasteiger partial charge in [-0.3, -0.25) is 4.79 Å². The Balaban J connectivity index is 2.00. The van der Waals surface area contributed by atoms with E-state index in [0.29, 0.717) is 44.6 Å². The quantitative estimate of drug-likeness (QED) is 0.292. The fourth-order valence-electron chi connectivity index (χ4n) is 2.75. The van der Waals surface area contributed by atoms with E-state index >= 15 is 0 Å². The molecule has 8 heteroatoms. The Labute approximate surface area is 174 Å². The van der Waals surface area contributed by atoms with Gasteiger partial charge < -0.3 is 14.6 Å². The summed E-state index contributed by atoms with van der Waals surface area (Å²) in [7, 11) is -3.29. The van der Waals surface area contributed by atoms with Crippen LogP contribution in [0, 0.1) is 0 Å². The van der Waals surface area contributed by atoms with Crippen LogP contribution in [0.3, 0.4) is 0 Å². The summed E-state index contributed by atoms with van der Waals surface area (Å²) in [5.74, 6) is 0.589. The van der Waals surface area contributed by atoms with Crippen LogP contribution in [0.25, 0.3) is 0 Å². The molecule has 0 aliphatic heterocycles. The van der Waals surface area contributed by atoms with Gasteiger partial charge in [-0.25, -0.2) is 13.1 Å². The fraction of sp³-hybridized carbons (Fsp3) is 0.667. The molecule has 0 aromatic heterocycles. The van der Waals surface area contributed by atoms with Gasteiger partial charge in [0.05, 0.1) is 18.5 Å². The molecule has 1 unspecified atom stereocenters. The Kier molecular flexibility index (Phi) is 13.3. The molecule has 0 fully saturated rings. The lowest BCUT2D eigenvalue weighted by Gasteiger charge is -2.12. The molecule has 0 aliphatic rings. The van der Waals surface area contributed by atoms with Gasteiger partial charge in [0.25, 0.3) is 0 Å². The first-order chi connectivity index (χ1) is 13.9. The van der Waals surface area contributed by atoms with Gasteiger partial charge in [0.1, 0.15) is 12.4 Å². The van der Waals surface area contributed by atoms with Crippen molar-refractivity contribution in [3.05, 3.63) is 30.3 Å². The number of carbonyl (C=O) groups excluding carboxylic acids is 1. The summed E-state index contributed by atoms with van der Waals surface area (Å²) >= 11 is 0. The summed E-state index contributed by atoms with van der Waals surface area (Å²) in [6.45, 7) is 2.80. The van der Waals surface area contributed by atoms with Gasteiger partial charge in [-0.05, 0) is 51.2 Å². The Morgan fingerprint density at radius 1 is 1.07 bits per heavy atom. The second kappa shape index (κ2) is 15.2. The number of aliphatic hydroxyl groups excluding tert-OH is 1. The van der Waals surface area contributed by atoms with Crippen molar-refractivity contribution in [2.45, 2.75) is 64.4 Å².